The van der Waals surface area contributed by atoms with E-state index in [-0.39, 0.29) is 11.6 Å². The molecule has 0 aromatic carbocycles. The van der Waals surface area contributed by atoms with Crippen molar-refractivity contribution in [3.8, 4) is 0 Å². The number of piperidine rings is 1. The zero-order chi connectivity index (χ0) is 13.9. The van der Waals surface area contributed by atoms with Crippen LogP contribution < -0.4 is 5.32 Å². The van der Waals surface area contributed by atoms with Gasteiger partial charge in [-0.25, -0.2) is 4.79 Å². The van der Waals surface area contributed by atoms with Gasteiger partial charge in [0.15, 0.2) is 0 Å². The van der Waals surface area contributed by atoms with Gasteiger partial charge in [0.2, 0.25) is 0 Å². The molecular formula is C13H22N2O4. The van der Waals surface area contributed by atoms with Gasteiger partial charge in [0.25, 0.3) is 0 Å². The lowest BCUT2D eigenvalue weighted by Crippen LogP contribution is -2.50. The molecule has 2 atom stereocenters. The Balaban J connectivity index is 1.80. The Kier molecular flexibility index (Phi) is 4.29. The zero-order valence-electron chi connectivity index (χ0n) is 11.4. The fourth-order valence-electron chi connectivity index (χ4n) is 2.71. The highest BCUT2D eigenvalue weighted by molar-refractivity contribution is 5.76. The van der Waals surface area contributed by atoms with Gasteiger partial charge in [0.1, 0.15) is 0 Å². The number of carbonyl (C=O) groups is 2. The van der Waals surface area contributed by atoms with Crippen LogP contribution in [0.25, 0.3) is 0 Å². The molecule has 108 valence electrons. The number of urea groups is 1. The van der Waals surface area contributed by atoms with E-state index in [0.29, 0.717) is 26.1 Å². The van der Waals surface area contributed by atoms with Crippen molar-refractivity contribution >= 4 is 12.0 Å². The van der Waals surface area contributed by atoms with Gasteiger partial charge in [-0.15, -0.1) is 0 Å². The maximum absolute atomic E-state index is 12.0. The minimum absolute atomic E-state index is 0.178. The zero-order valence-corrected chi connectivity index (χ0v) is 11.4. The van der Waals surface area contributed by atoms with Gasteiger partial charge >= 0.3 is 12.0 Å². The summed E-state index contributed by atoms with van der Waals surface area (Å²) in [5.41, 5.74) is -0.266. The SMILES string of the molecule is CC1(CNC(=O)N2CCCC(C(=O)O)C2)CCCO1. The molecule has 0 radical (unpaired) electrons. The molecule has 2 N–H and O–H groups in total. The van der Waals surface area contributed by atoms with Gasteiger partial charge in [0.05, 0.1) is 11.5 Å². The van der Waals surface area contributed by atoms with Crippen molar-refractivity contribution in [1.82, 2.24) is 10.2 Å². The molecule has 2 aliphatic rings. The van der Waals surface area contributed by atoms with E-state index in [1.54, 1.807) is 4.90 Å². The standard InChI is InChI=1S/C13H22N2O4/c1-13(5-3-7-19-13)9-14-12(18)15-6-2-4-10(8-15)11(16)17/h10H,2-9H2,1H3,(H,14,18)(H,16,17). The summed E-state index contributed by atoms with van der Waals surface area (Å²) >= 11 is 0. The number of nitrogens with one attached hydrogen (secondary N) is 1. The van der Waals surface area contributed by atoms with Crippen molar-refractivity contribution in [2.45, 2.75) is 38.2 Å². The quantitative estimate of drug-likeness (QED) is 0.803. The van der Waals surface area contributed by atoms with E-state index in [2.05, 4.69) is 5.32 Å². The number of hydrogen-bond acceptors (Lipinski definition) is 3. The second kappa shape index (κ2) is 5.77. The van der Waals surface area contributed by atoms with Gasteiger partial charge in [-0.1, -0.05) is 0 Å². The lowest BCUT2D eigenvalue weighted by Gasteiger charge is -2.32. The molecular weight excluding hydrogens is 248 g/mol. The van der Waals surface area contributed by atoms with Crippen molar-refractivity contribution in [3.05, 3.63) is 0 Å². The van der Waals surface area contributed by atoms with Crippen LogP contribution in [0.4, 0.5) is 4.79 Å². The largest absolute Gasteiger partial charge is 0.481 e. The van der Waals surface area contributed by atoms with Crippen LogP contribution in [-0.2, 0) is 9.53 Å². The van der Waals surface area contributed by atoms with Gasteiger partial charge in [-0.3, -0.25) is 4.79 Å². The molecule has 2 aliphatic heterocycles. The minimum Gasteiger partial charge on any atom is -0.481 e. The number of hydrogen-bond donors (Lipinski definition) is 2. The Hall–Kier alpha value is -1.30. The van der Waals surface area contributed by atoms with E-state index in [1.165, 1.54) is 0 Å². The summed E-state index contributed by atoms with van der Waals surface area (Å²) in [4.78, 5) is 24.6. The first-order valence-electron chi connectivity index (χ1n) is 6.90. The lowest BCUT2D eigenvalue weighted by atomic mass is 9.98. The van der Waals surface area contributed by atoms with Crippen LogP contribution >= 0.6 is 0 Å². The number of nitrogens with zero attached hydrogens (tertiary/aromatic N) is 1. The molecule has 2 heterocycles. The topological polar surface area (TPSA) is 78.9 Å². The molecule has 0 saturated carbocycles. The molecule has 2 unspecified atom stereocenters. The van der Waals surface area contributed by atoms with E-state index >= 15 is 0 Å². The summed E-state index contributed by atoms with van der Waals surface area (Å²) in [6.45, 7) is 4.17. The number of rotatable bonds is 3. The third-order valence-corrected chi connectivity index (χ3v) is 3.97. The first-order valence-corrected chi connectivity index (χ1v) is 6.90. The Morgan fingerprint density at radius 1 is 1.47 bits per heavy atom. The van der Waals surface area contributed by atoms with E-state index in [4.69, 9.17) is 9.84 Å². The average molecular weight is 270 g/mol. The van der Waals surface area contributed by atoms with E-state index < -0.39 is 11.9 Å². The number of aliphatic carboxylic acids is 1. The molecule has 2 fully saturated rings. The Morgan fingerprint density at radius 2 is 2.26 bits per heavy atom. The number of ether oxygens (including phenoxy) is 1. The molecule has 0 aromatic rings. The molecule has 6 nitrogen and oxygen atoms in total. The second-order valence-corrected chi connectivity index (χ2v) is 5.68. The highest BCUT2D eigenvalue weighted by Crippen LogP contribution is 2.24. The van der Waals surface area contributed by atoms with Gasteiger partial charge in [0, 0.05) is 26.2 Å². The molecule has 0 aromatic heterocycles. The molecule has 6 heteroatoms. The van der Waals surface area contributed by atoms with Crippen molar-refractivity contribution < 1.29 is 19.4 Å². The average Bonchev–Trinajstić information content (AvgIpc) is 2.83. The van der Waals surface area contributed by atoms with Crippen molar-refractivity contribution in [2.24, 2.45) is 5.92 Å². The third-order valence-electron chi connectivity index (χ3n) is 3.97. The fraction of sp³-hybridized carbons (Fsp3) is 0.846. The van der Waals surface area contributed by atoms with Crippen LogP contribution in [-0.4, -0.2) is 53.8 Å². The van der Waals surface area contributed by atoms with E-state index in [0.717, 1.165) is 25.9 Å². The van der Waals surface area contributed by atoms with Crippen molar-refractivity contribution in [1.29, 1.82) is 0 Å². The van der Waals surface area contributed by atoms with Gasteiger partial charge < -0.3 is 20.1 Å². The lowest BCUT2D eigenvalue weighted by molar-refractivity contribution is -0.143. The smallest absolute Gasteiger partial charge is 0.317 e. The number of carboxylic acid groups (broad SMARTS) is 1. The number of carboxylic acids is 1. The number of carbonyl (C=O) groups excluding carboxylic acids is 1. The predicted molar refractivity (Wildman–Crippen MR) is 68.9 cm³/mol. The van der Waals surface area contributed by atoms with Crippen LogP contribution in [0.15, 0.2) is 0 Å². The first kappa shape index (κ1) is 14.1. The number of amides is 2. The predicted octanol–water partition coefficient (Wildman–Crippen LogP) is 1.06. The second-order valence-electron chi connectivity index (χ2n) is 5.68. The summed E-state index contributed by atoms with van der Waals surface area (Å²) in [6, 6.07) is -0.178. The van der Waals surface area contributed by atoms with E-state index in [9.17, 15) is 9.59 Å². The summed E-state index contributed by atoms with van der Waals surface area (Å²) in [7, 11) is 0. The summed E-state index contributed by atoms with van der Waals surface area (Å²) in [6.07, 6.45) is 3.38. The third kappa shape index (κ3) is 3.59. The molecule has 2 rings (SSSR count). The molecule has 2 saturated heterocycles. The molecule has 0 aliphatic carbocycles. The highest BCUT2D eigenvalue weighted by Gasteiger charge is 2.32. The van der Waals surface area contributed by atoms with Gasteiger partial charge in [-0.05, 0) is 32.6 Å². The Labute approximate surface area is 113 Å². The summed E-state index contributed by atoms with van der Waals surface area (Å²) in [5, 5.41) is 11.9. The fourth-order valence-corrected chi connectivity index (χ4v) is 2.71. The van der Waals surface area contributed by atoms with Crippen LogP contribution in [0, 0.1) is 5.92 Å². The highest BCUT2D eigenvalue weighted by atomic mass is 16.5. The summed E-state index contributed by atoms with van der Waals surface area (Å²) < 4.78 is 5.61. The van der Waals surface area contributed by atoms with Crippen LogP contribution in [0.2, 0.25) is 0 Å². The van der Waals surface area contributed by atoms with Crippen molar-refractivity contribution in [3.63, 3.8) is 0 Å². The molecule has 0 spiro atoms. The Morgan fingerprint density at radius 3 is 2.89 bits per heavy atom. The van der Waals surface area contributed by atoms with Crippen molar-refractivity contribution in [2.75, 3.05) is 26.2 Å². The molecule has 2 amide bonds. The van der Waals surface area contributed by atoms with Gasteiger partial charge in [-0.2, -0.15) is 0 Å². The maximum Gasteiger partial charge on any atom is 0.317 e. The van der Waals surface area contributed by atoms with Crippen LogP contribution in [0.5, 0.6) is 0 Å². The van der Waals surface area contributed by atoms with Crippen LogP contribution in [0.1, 0.15) is 32.6 Å². The minimum atomic E-state index is -0.816. The normalized spacial score (nSPS) is 31.2. The Bertz CT molecular complexity index is 353. The maximum atomic E-state index is 12.0. The monoisotopic (exact) mass is 270 g/mol. The number of likely N-dealkylation sites (tertiary alicyclic amines) is 1. The van der Waals surface area contributed by atoms with Crippen LogP contribution in [0.3, 0.4) is 0 Å². The molecule has 0 bridgehead atoms. The summed E-state index contributed by atoms with van der Waals surface area (Å²) in [5.74, 6) is -1.25. The molecule has 19 heavy (non-hydrogen) atoms. The van der Waals surface area contributed by atoms with E-state index in [1.807, 2.05) is 6.92 Å². The first-order chi connectivity index (χ1) is 9.00.